The van der Waals surface area contributed by atoms with Crippen molar-refractivity contribution in [2.75, 3.05) is 6.54 Å². The molecule has 0 amide bonds. The van der Waals surface area contributed by atoms with Gasteiger partial charge in [0.25, 0.3) is 0 Å². The predicted molar refractivity (Wildman–Crippen MR) is 83.4 cm³/mol. The molecule has 2 rings (SSSR count). The van der Waals surface area contributed by atoms with Gasteiger partial charge in [-0.15, -0.1) is 0 Å². The first kappa shape index (κ1) is 14.7. The molecule has 0 saturated heterocycles. The molecule has 2 N–H and O–H groups in total. The lowest BCUT2D eigenvalue weighted by atomic mass is 10.1. The second-order valence-electron chi connectivity index (χ2n) is 3.97. The Balaban J connectivity index is 2.21. The van der Waals surface area contributed by atoms with Crippen LogP contribution in [-0.2, 0) is 6.42 Å². The highest BCUT2D eigenvalue weighted by molar-refractivity contribution is 9.10. The van der Waals surface area contributed by atoms with Crippen molar-refractivity contribution in [1.29, 1.82) is 0 Å². The van der Waals surface area contributed by atoms with Crippen molar-refractivity contribution < 1.29 is 4.74 Å². The van der Waals surface area contributed by atoms with E-state index in [2.05, 4.69) is 15.9 Å². The first-order chi connectivity index (χ1) is 9.10. The minimum atomic E-state index is 0.538. The first-order valence-electron chi connectivity index (χ1n) is 5.71. The molecule has 2 aromatic rings. The second-order valence-corrected chi connectivity index (χ2v) is 5.70. The van der Waals surface area contributed by atoms with Gasteiger partial charge in [-0.3, -0.25) is 0 Å². The third-order valence-electron chi connectivity index (χ3n) is 2.56. The number of rotatable bonds is 4. The van der Waals surface area contributed by atoms with Gasteiger partial charge >= 0.3 is 0 Å². The summed E-state index contributed by atoms with van der Waals surface area (Å²) in [7, 11) is 0. The van der Waals surface area contributed by atoms with Gasteiger partial charge in [-0.05, 0) is 48.9 Å². The Morgan fingerprint density at radius 3 is 2.47 bits per heavy atom. The monoisotopic (exact) mass is 359 g/mol. The van der Waals surface area contributed by atoms with Crippen molar-refractivity contribution in [1.82, 2.24) is 0 Å². The minimum absolute atomic E-state index is 0.538. The van der Waals surface area contributed by atoms with Gasteiger partial charge in [-0.2, -0.15) is 0 Å². The summed E-state index contributed by atoms with van der Waals surface area (Å²) in [5, 5.41) is 1.19. The Bertz CT molecular complexity index is 590. The van der Waals surface area contributed by atoms with E-state index in [1.807, 2.05) is 18.2 Å². The molecule has 0 bridgehead atoms. The zero-order chi connectivity index (χ0) is 13.8. The maximum absolute atomic E-state index is 6.16. The van der Waals surface area contributed by atoms with Crippen molar-refractivity contribution in [3.63, 3.8) is 0 Å². The molecule has 0 aliphatic rings. The maximum Gasteiger partial charge on any atom is 0.146 e. The van der Waals surface area contributed by atoms with E-state index in [-0.39, 0.29) is 0 Å². The molecule has 0 heterocycles. The Morgan fingerprint density at radius 1 is 1.05 bits per heavy atom. The number of nitrogens with two attached hydrogens (primary N) is 1. The van der Waals surface area contributed by atoms with E-state index in [4.69, 9.17) is 33.7 Å². The van der Waals surface area contributed by atoms with Crippen molar-refractivity contribution in [3.05, 3.63) is 56.5 Å². The van der Waals surface area contributed by atoms with Crippen LogP contribution in [0.15, 0.2) is 40.9 Å². The number of hydrogen-bond acceptors (Lipinski definition) is 2. The van der Waals surface area contributed by atoms with Crippen molar-refractivity contribution in [3.8, 4) is 11.5 Å². The smallest absolute Gasteiger partial charge is 0.146 e. The molecular formula is C14H12BrCl2NO. The number of hydrogen-bond donors (Lipinski definition) is 1. The number of halogens is 3. The molecule has 0 unspecified atom stereocenters. The quantitative estimate of drug-likeness (QED) is 0.827. The van der Waals surface area contributed by atoms with E-state index in [9.17, 15) is 0 Å². The van der Waals surface area contributed by atoms with Crippen LogP contribution in [0.3, 0.4) is 0 Å². The standard InChI is InChI=1S/C14H12BrCl2NO/c15-10-2-4-14(13(17)7-10)19-11-3-1-9(5-6-18)12(16)8-11/h1-4,7-8H,5-6,18H2. The topological polar surface area (TPSA) is 35.2 Å². The van der Waals surface area contributed by atoms with Crippen LogP contribution >= 0.6 is 39.1 Å². The number of benzene rings is 2. The van der Waals surface area contributed by atoms with Crippen LogP contribution in [0.5, 0.6) is 11.5 Å². The van der Waals surface area contributed by atoms with Gasteiger partial charge in [0, 0.05) is 9.50 Å². The van der Waals surface area contributed by atoms with Crippen LogP contribution in [0.25, 0.3) is 0 Å². The molecule has 5 heteroatoms. The lowest BCUT2D eigenvalue weighted by Gasteiger charge is -2.10. The van der Waals surface area contributed by atoms with E-state index in [0.29, 0.717) is 28.1 Å². The largest absolute Gasteiger partial charge is 0.456 e. The van der Waals surface area contributed by atoms with Gasteiger partial charge in [0.2, 0.25) is 0 Å². The van der Waals surface area contributed by atoms with E-state index < -0.39 is 0 Å². The summed E-state index contributed by atoms with van der Waals surface area (Å²) in [5.74, 6) is 1.24. The summed E-state index contributed by atoms with van der Waals surface area (Å²) in [6.45, 7) is 0.568. The average molecular weight is 361 g/mol. The van der Waals surface area contributed by atoms with Gasteiger partial charge in [0.05, 0.1) is 5.02 Å². The summed E-state index contributed by atoms with van der Waals surface area (Å²) in [4.78, 5) is 0. The Labute approximate surface area is 130 Å². The van der Waals surface area contributed by atoms with Crippen molar-refractivity contribution in [2.24, 2.45) is 5.73 Å². The Hall–Kier alpha value is -0.740. The zero-order valence-electron chi connectivity index (χ0n) is 10.00. The molecule has 0 aliphatic carbocycles. The van der Waals surface area contributed by atoms with Gasteiger partial charge in [0.1, 0.15) is 11.5 Å². The summed E-state index contributed by atoms with van der Waals surface area (Å²) in [6, 6.07) is 11.0. The van der Waals surface area contributed by atoms with Gasteiger partial charge in [0.15, 0.2) is 0 Å². The molecule has 0 fully saturated rings. The molecule has 2 nitrogen and oxygen atoms in total. The van der Waals surface area contributed by atoms with Crippen LogP contribution in [0.4, 0.5) is 0 Å². The van der Waals surface area contributed by atoms with Crippen LogP contribution in [0.1, 0.15) is 5.56 Å². The maximum atomic E-state index is 6.16. The summed E-state index contributed by atoms with van der Waals surface area (Å²) >= 11 is 15.6. The molecule has 0 radical (unpaired) electrons. The van der Waals surface area contributed by atoms with Crippen LogP contribution < -0.4 is 10.5 Å². The molecule has 100 valence electrons. The molecule has 0 spiro atoms. The molecule has 0 aromatic heterocycles. The molecule has 19 heavy (non-hydrogen) atoms. The fraction of sp³-hybridized carbons (Fsp3) is 0.143. The first-order valence-corrected chi connectivity index (χ1v) is 7.26. The Kier molecular flexibility index (Phi) is 5.11. The molecule has 0 saturated carbocycles. The number of ether oxygens (including phenoxy) is 1. The fourth-order valence-electron chi connectivity index (χ4n) is 1.63. The van der Waals surface area contributed by atoms with Gasteiger partial charge < -0.3 is 10.5 Å². The summed E-state index contributed by atoms with van der Waals surface area (Å²) < 4.78 is 6.61. The van der Waals surface area contributed by atoms with Gasteiger partial charge in [-0.25, -0.2) is 0 Å². The highest BCUT2D eigenvalue weighted by Crippen LogP contribution is 2.33. The second kappa shape index (κ2) is 6.62. The van der Waals surface area contributed by atoms with Crippen LogP contribution in [0.2, 0.25) is 10.0 Å². The van der Waals surface area contributed by atoms with Crippen LogP contribution in [0, 0.1) is 0 Å². The third-order valence-corrected chi connectivity index (χ3v) is 3.70. The summed E-state index contributed by atoms with van der Waals surface area (Å²) in [6.07, 6.45) is 0.748. The third kappa shape index (κ3) is 3.86. The van der Waals surface area contributed by atoms with E-state index in [1.165, 1.54) is 0 Å². The Morgan fingerprint density at radius 2 is 1.84 bits per heavy atom. The average Bonchev–Trinajstić information content (AvgIpc) is 2.36. The lowest BCUT2D eigenvalue weighted by molar-refractivity contribution is 0.482. The molecule has 0 aliphatic heterocycles. The van der Waals surface area contributed by atoms with Crippen LogP contribution in [-0.4, -0.2) is 6.54 Å². The zero-order valence-corrected chi connectivity index (χ0v) is 13.1. The normalized spacial score (nSPS) is 10.5. The van der Waals surface area contributed by atoms with Gasteiger partial charge in [-0.1, -0.05) is 45.2 Å². The molecule has 0 atom stereocenters. The molecular weight excluding hydrogens is 349 g/mol. The van der Waals surface area contributed by atoms with Crippen molar-refractivity contribution in [2.45, 2.75) is 6.42 Å². The molecule has 2 aromatic carbocycles. The summed E-state index contributed by atoms with van der Waals surface area (Å²) in [5.41, 5.74) is 6.53. The minimum Gasteiger partial charge on any atom is -0.456 e. The van der Waals surface area contributed by atoms with E-state index in [1.54, 1.807) is 18.2 Å². The van der Waals surface area contributed by atoms with E-state index >= 15 is 0 Å². The van der Waals surface area contributed by atoms with Crippen molar-refractivity contribution >= 4 is 39.1 Å². The SMILES string of the molecule is NCCc1ccc(Oc2ccc(Br)cc2Cl)cc1Cl. The highest BCUT2D eigenvalue weighted by atomic mass is 79.9. The lowest BCUT2D eigenvalue weighted by Crippen LogP contribution is -2.03. The fourth-order valence-corrected chi connectivity index (χ4v) is 2.61. The predicted octanol–water partition coefficient (Wildman–Crippen LogP) is 5.05. The van der Waals surface area contributed by atoms with E-state index in [0.717, 1.165) is 16.5 Å². The highest BCUT2D eigenvalue weighted by Gasteiger charge is 2.06.